The van der Waals surface area contributed by atoms with Crippen molar-refractivity contribution in [2.75, 3.05) is 98.7 Å². The minimum Gasteiger partial charge on any atom is -0.377 e. The average Bonchev–Trinajstić information content (AvgIpc) is 3.04. The lowest BCUT2D eigenvalue weighted by molar-refractivity contribution is 0.0542. The lowest BCUT2D eigenvalue weighted by Gasteiger charge is -2.43. The molecule has 0 aliphatic heterocycles. The van der Waals surface area contributed by atoms with Gasteiger partial charge in [-0.3, -0.25) is 4.98 Å². The van der Waals surface area contributed by atoms with Crippen molar-refractivity contribution in [2.45, 2.75) is 24.7 Å². The Morgan fingerprint density at radius 3 is 1.00 bits per heavy atom. The first kappa shape index (κ1) is 42.6. The van der Waals surface area contributed by atoms with Crippen LogP contribution in [0.25, 0.3) is 0 Å². The van der Waals surface area contributed by atoms with Gasteiger partial charge in [0.25, 0.3) is 0 Å². The summed E-state index contributed by atoms with van der Waals surface area (Å²) in [5.74, 6) is 0. The molecule has 0 radical (unpaired) electrons. The Hall–Kier alpha value is 0.551. The zero-order chi connectivity index (χ0) is 32.6. The zero-order valence-corrected chi connectivity index (χ0v) is 33.0. The Labute approximate surface area is 256 Å². The fourth-order valence-electron chi connectivity index (χ4n) is 3.61. The summed E-state index contributed by atoms with van der Waals surface area (Å²) in [4.78, 5) is 5.71. The van der Waals surface area contributed by atoms with Crippen LogP contribution in [0.15, 0.2) is 0 Å². The number of halogens is 1. The molecular formula is C18H51FN2O15Si6. The second-order valence-electron chi connectivity index (χ2n) is 8.19. The molecule has 24 heteroatoms. The Morgan fingerprint density at radius 2 is 0.738 bits per heavy atom. The maximum atomic E-state index is 13.4. The number of rotatable bonds is 27. The first-order valence-corrected chi connectivity index (χ1v) is 23.8. The number of alkyl halides is 1. The summed E-state index contributed by atoms with van der Waals surface area (Å²) in [6.07, 6.45) is 0.684. The molecule has 0 saturated carbocycles. The molecule has 2 N–H and O–H groups in total. The largest absolute Gasteiger partial charge is 0.590 e. The molecule has 0 aliphatic carbocycles. The third-order valence-corrected chi connectivity index (χ3v) is 28.6. The van der Waals surface area contributed by atoms with Crippen molar-refractivity contribution in [3.05, 3.63) is 0 Å². The predicted molar refractivity (Wildman–Crippen MR) is 159 cm³/mol. The maximum absolute atomic E-state index is 13.4. The number of hydrogen-bond acceptors (Lipinski definition) is 17. The minimum atomic E-state index is -4.04. The molecule has 0 rings (SSSR count). The van der Waals surface area contributed by atoms with Gasteiger partial charge in [-0.1, -0.05) is 6.92 Å². The van der Waals surface area contributed by atoms with Gasteiger partial charge in [0, 0.05) is 85.3 Å². The molecule has 0 saturated heterocycles. The van der Waals surface area contributed by atoms with Crippen molar-refractivity contribution in [2.24, 2.45) is 0 Å². The summed E-state index contributed by atoms with van der Waals surface area (Å²) < 4.78 is 101. The zero-order valence-electron chi connectivity index (χ0n) is 27.0. The lowest BCUT2D eigenvalue weighted by Crippen LogP contribution is -2.73. The molecular weight excluding hydrogens is 672 g/mol. The van der Waals surface area contributed by atoms with Crippen LogP contribution in [0.2, 0.25) is 11.3 Å². The monoisotopic (exact) mass is 722 g/mol. The molecule has 0 aromatic heterocycles. The summed E-state index contributed by atoms with van der Waals surface area (Å²) in [5, 5.41) is 0. The van der Waals surface area contributed by atoms with Crippen LogP contribution in [0, 0.1) is 0 Å². The molecule has 0 aromatic carbocycles. The fourth-order valence-corrected chi connectivity index (χ4v) is 27.8. The second kappa shape index (κ2) is 19.9. The molecule has 0 amide bonds. The van der Waals surface area contributed by atoms with E-state index in [4.69, 9.17) is 65.5 Å². The molecule has 0 fully saturated rings. The molecule has 0 bridgehead atoms. The van der Waals surface area contributed by atoms with Crippen LogP contribution < -0.4 is 9.96 Å². The van der Waals surface area contributed by atoms with E-state index in [1.165, 1.54) is 85.3 Å². The van der Waals surface area contributed by atoms with Crippen molar-refractivity contribution >= 4 is 53.1 Å². The van der Waals surface area contributed by atoms with Crippen LogP contribution in [-0.4, -0.2) is 152 Å². The Kier molecular flexibility index (Phi) is 20.2. The van der Waals surface area contributed by atoms with E-state index < -0.39 is 59.9 Å². The lowest BCUT2D eigenvalue weighted by atomic mass is 10.5. The van der Waals surface area contributed by atoms with Crippen molar-refractivity contribution in [1.29, 1.82) is 0 Å². The van der Waals surface area contributed by atoms with Gasteiger partial charge < -0.3 is 65.5 Å². The van der Waals surface area contributed by atoms with E-state index in [1.807, 2.05) is 6.92 Å². The summed E-state index contributed by atoms with van der Waals surface area (Å²) >= 11 is 0. The second-order valence-corrected chi connectivity index (χ2v) is 26.8. The van der Waals surface area contributed by atoms with Gasteiger partial charge in [0.05, 0.1) is 11.3 Å². The third kappa shape index (κ3) is 11.1. The van der Waals surface area contributed by atoms with E-state index in [1.54, 1.807) is 0 Å². The molecule has 42 heavy (non-hydrogen) atoms. The van der Waals surface area contributed by atoms with Gasteiger partial charge in [0.1, 0.15) is 6.80 Å². The normalized spacial score (nSPS) is 15.3. The highest BCUT2D eigenvalue weighted by molar-refractivity contribution is 6.89. The first-order valence-electron chi connectivity index (χ1n) is 12.7. The summed E-state index contributed by atoms with van der Waals surface area (Å²) in [6, 6.07) is 0. The van der Waals surface area contributed by atoms with Crippen molar-refractivity contribution in [3.8, 4) is 0 Å². The minimum absolute atomic E-state index is 0.0168. The maximum Gasteiger partial charge on any atom is 0.590 e. The molecule has 0 spiro atoms. The van der Waals surface area contributed by atoms with E-state index >= 15 is 0 Å². The SMILES string of the molecule is CCCN[Si](OC)(O[Si](C[Si](OC)(OC)OC)(OC)OC)O[Si](C[Si](OC)(OC)O[Si](NCF)(OC)OC)(OC)OC. The van der Waals surface area contributed by atoms with Gasteiger partial charge in [-0.2, -0.15) is 0 Å². The number of nitrogens with one attached hydrogen (secondary N) is 2. The van der Waals surface area contributed by atoms with Crippen LogP contribution >= 0.6 is 0 Å². The quantitative estimate of drug-likeness (QED) is 0.0861. The highest BCUT2D eigenvalue weighted by Crippen LogP contribution is 2.33. The van der Waals surface area contributed by atoms with Crippen LogP contribution in [0.1, 0.15) is 13.3 Å². The van der Waals surface area contributed by atoms with Crippen molar-refractivity contribution in [3.63, 3.8) is 0 Å². The highest BCUT2D eigenvalue weighted by Gasteiger charge is 2.66. The van der Waals surface area contributed by atoms with E-state index in [0.717, 1.165) is 0 Å². The van der Waals surface area contributed by atoms with Crippen LogP contribution in [0.4, 0.5) is 4.39 Å². The van der Waals surface area contributed by atoms with E-state index in [9.17, 15) is 4.39 Å². The first-order chi connectivity index (χ1) is 19.9. The fraction of sp³-hybridized carbons (Fsp3) is 1.00. The van der Waals surface area contributed by atoms with Gasteiger partial charge in [0.15, 0.2) is 0 Å². The van der Waals surface area contributed by atoms with Crippen molar-refractivity contribution < 1.29 is 69.8 Å². The predicted octanol–water partition coefficient (Wildman–Crippen LogP) is 0.0144. The molecule has 254 valence electrons. The van der Waals surface area contributed by atoms with Gasteiger partial charge in [-0.15, -0.1) is 0 Å². The summed E-state index contributed by atoms with van der Waals surface area (Å²) in [6.45, 7) is 1.37. The van der Waals surface area contributed by atoms with E-state index in [0.29, 0.717) is 13.0 Å². The standard InChI is InChI=1S/C18H51FN2O15Si6/c1-14-15-20-42(33-13,35-38(25-5,26-6)17-37(22-2,23-3)24-4)36-40(29-9,30-10)18-39(27-7,28-8)34-41(31-11,32-12)21-16-19/h20-21H,14-18H2,1-13H3. The van der Waals surface area contributed by atoms with E-state index in [2.05, 4.69) is 9.96 Å². The number of hydrogen-bond donors (Lipinski definition) is 2. The van der Waals surface area contributed by atoms with Crippen LogP contribution in [0.3, 0.4) is 0 Å². The molecule has 1 atom stereocenters. The summed E-state index contributed by atoms with van der Waals surface area (Å²) in [5.41, 5.74) is -0.172. The van der Waals surface area contributed by atoms with E-state index in [-0.39, 0.29) is 11.3 Å². The molecule has 17 nitrogen and oxygen atoms in total. The van der Waals surface area contributed by atoms with Crippen LogP contribution in [0.5, 0.6) is 0 Å². The van der Waals surface area contributed by atoms with Gasteiger partial charge in [0.2, 0.25) is 0 Å². The van der Waals surface area contributed by atoms with Gasteiger partial charge in [-0.05, 0) is 13.0 Å². The molecule has 0 aliphatic rings. The Balaban J connectivity index is 6.89. The Bertz CT molecular complexity index is 717. The average molecular weight is 723 g/mol. The van der Waals surface area contributed by atoms with Gasteiger partial charge in [-0.25, -0.2) is 9.37 Å². The molecule has 0 heterocycles. The molecule has 0 aromatic rings. The third-order valence-electron chi connectivity index (χ3n) is 6.22. The smallest absolute Gasteiger partial charge is 0.377 e. The highest BCUT2D eigenvalue weighted by atomic mass is 28.5. The van der Waals surface area contributed by atoms with Gasteiger partial charge >= 0.3 is 53.1 Å². The summed E-state index contributed by atoms with van der Waals surface area (Å²) in [7, 11) is -5.89. The van der Waals surface area contributed by atoms with Crippen molar-refractivity contribution in [1.82, 2.24) is 9.96 Å². The Morgan fingerprint density at radius 1 is 0.429 bits per heavy atom. The topological polar surface area (TPSA) is 163 Å². The molecule has 1 unspecified atom stereocenters. The van der Waals surface area contributed by atoms with Crippen LogP contribution in [-0.2, 0) is 65.5 Å².